The molecule has 3 aromatic rings. The second-order valence-electron chi connectivity index (χ2n) is 5.98. The molecular formula is C21H19ClN2O3. The molecule has 5 nitrogen and oxygen atoms in total. The van der Waals surface area contributed by atoms with Crippen molar-refractivity contribution in [1.29, 1.82) is 0 Å². The molecule has 2 aromatic carbocycles. The van der Waals surface area contributed by atoms with Gasteiger partial charge in [0, 0.05) is 29.9 Å². The number of rotatable bonds is 8. The fourth-order valence-electron chi connectivity index (χ4n) is 2.57. The highest BCUT2D eigenvalue weighted by Gasteiger charge is 2.05. The van der Waals surface area contributed by atoms with Gasteiger partial charge in [0.1, 0.15) is 12.4 Å². The van der Waals surface area contributed by atoms with E-state index in [0.717, 1.165) is 11.8 Å². The van der Waals surface area contributed by atoms with Crippen molar-refractivity contribution in [3.63, 3.8) is 0 Å². The number of aldehydes is 1. The van der Waals surface area contributed by atoms with Crippen LogP contribution < -0.4 is 10.1 Å². The second kappa shape index (κ2) is 9.05. The Bertz CT molecular complexity index is 902. The molecule has 0 unspecified atom stereocenters. The summed E-state index contributed by atoms with van der Waals surface area (Å²) in [6.45, 7) is 0.897. The number of amides is 1. The number of hydrogen-bond acceptors (Lipinski definition) is 3. The average Bonchev–Trinajstić information content (AvgIpc) is 3.15. The van der Waals surface area contributed by atoms with Gasteiger partial charge in [-0.2, -0.15) is 0 Å². The van der Waals surface area contributed by atoms with Gasteiger partial charge in [-0.1, -0.05) is 23.7 Å². The van der Waals surface area contributed by atoms with Crippen molar-refractivity contribution in [2.24, 2.45) is 0 Å². The maximum Gasteiger partial charge on any atom is 0.226 e. The zero-order valence-electron chi connectivity index (χ0n) is 14.6. The number of aryl methyl sites for hydroxylation is 1. The van der Waals surface area contributed by atoms with Crippen molar-refractivity contribution in [3.8, 4) is 5.75 Å². The van der Waals surface area contributed by atoms with Crippen LogP contribution in [0.5, 0.6) is 5.75 Å². The van der Waals surface area contributed by atoms with Crippen molar-refractivity contribution in [2.45, 2.75) is 19.6 Å². The molecule has 6 heteroatoms. The number of aromatic nitrogens is 1. The maximum atomic E-state index is 12.1. The molecule has 1 N–H and O–H groups in total. The largest absolute Gasteiger partial charge is 0.489 e. The van der Waals surface area contributed by atoms with Crippen LogP contribution in [0.15, 0.2) is 66.9 Å². The zero-order valence-corrected chi connectivity index (χ0v) is 15.4. The van der Waals surface area contributed by atoms with Crippen LogP contribution >= 0.6 is 11.6 Å². The minimum atomic E-state index is -0.115. The number of ether oxygens (including phenoxy) is 1. The van der Waals surface area contributed by atoms with Crippen LogP contribution in [0, 0.1) is 0 Å². The minimum absolute atomic E-state index is 0.115. The Kier molecular flexibility index (Phi) is 6.28. The fraction of sp³-hybridized carbons (Fsp3) is 0.143. The number of anilines is 1. The van der Waals surface area contributed by atoms with E-state index in [4.69, 9.17) is 16.3 Å². The van der Waals surface area contributed by atoms with Gasteiger partial charge in [0.05, 0.1) is 5.69 Å². The van der Waals surface area contributed by atoms with Gasteiger partial charge in [-0.3, -0.25) is 9.59 Å². The Morgan fingerprint density at radius 2 is 1.81 bits per heavy atom. The Morgan fingerprint density at radius 3 is 2.52 bits per heavy atom. The predicted molar refractivity (Wildman–Crippen MR) is 105 cm³/mol. The highest BCUT2D eigenvalue weighted by Crippen LogP contribution is 2.18. The van der Waals surface area contributed by atoms with E-state index < -0.39 is 0 Å². The fourth-order valence-corrected chi connectivity index (χ4v) is 2.69. The summed E-state index contributed by atoms with van der Waals surface area (Å²) in [5.74, 6) is 0.598. The molecule has 27 heavy (non-hydrogen) atoms. The third kappa shape index (κ3) is 5.46. The first-order chi connectivity index (χ1) is 13.1. The van der Waals surface area contributed by atoms with Gasteiger partial charge in [-0.15, -0.1) is 0 Å². The number of nitrogens with zero attached hydrogens (tertiary/aromatic N) is 1. The lowest BCUT2D eigenvalue weighted by Gasteiger charge is -2.09. The van der Waals surface area contributed by atoms with Gasteiger partial charge in [0.25, 0.3) is 0 Å². The summed E-state index contributed by atoms with van der Waals surface area (Å²) in [5, 5.41) is 3.53. The van der Waals surface area contributed by atoms with Gasteiger partial charge < -0.3 is 14.6 Å². The van der Waals surface area contributed by atoms with E-state index in [9.17, 15) is 9.59 Å². The van der Waals surface area contributed by atoms with Gasteiger partial charge in [-0.05, 0) is 54.1 Å². The lowest BCUT2D eigenvalue weighted by atomic mass is 10.2. The predicted octanol–water partition coefficient (Wildman–Crippen LogP) is 4.56. The molecule has 0 saturated heterocycles. The third-order valence-corrected chi connectivity index (χ3v) is 4.27. The summed E-state index contributed by atoms with van der Waals surface area (Å²) in [6.07, 6.45) is 2.84. The minimum Gasteiger partial charge on any atom is -0.489 e. The number of benzene rings is 2. The summed E-state index contributed by atoms with van der Waals surface area (Å²) < 4.78 is 7.47. The van der Waals surface area contributed by atoms with E-state index in [-0.39, 0.29) is 12.3 Å². The Hall–Kier alpha value is -3.05. The maximum absolute atomic E-state index is 12.1. The molecule has 0 bridgehead atoms. The summed E-state index contributed by atoms with van der Waals surface area (Å²) >= 11 is 5.86. The van der Waals surface area contributed by atoms with Crippen LogP contribution in [0.4, 0.5) is 5.69 Å². The van der Waals surface area contributed by atoms with Crippen LogP contribution in [0.25, 0.3) is 0 Å². The Morgan fingerprint density at radius 1 is 1.07 bits per heavy atom. The normalized spacial score (nSPS) is 10.4. The van der Waals surface area contributed by atoms with E-state index in [1.807, 2.05) is 36.4 Å². The smallest absolute Gasteiger partial charge is 0.226 e. The topological polar surface area (TPSA) is 60.3 Å². The van der Waals surface area contributed by atoms with E-state index in [0.29, 0.717) is 35.3 Å². The van der Waals surface area contributed by atoms with Crippen molar-refractivity contribution >= 4 is 29.5 Å². The quantitative estimate of drug-likeness (QED) is 0.581. The Labute approximate surface area is 162 Å². The van der Waals surface area contributed by atoms with Gasteiger partial charge in [0.15, 0.2) is 6.29 Å². The average molecular weight is 383 g/mol. The van der Waals surface area contributed by atoms with Gasteiger partial charge in [-0.25, -0.2) is 0 Å². The molecular weight excluding hydrogens is 364 g/mol. The lowest BCUT2D eigenvalue weighted by Crippen LogP contribution is -2.15. The number of hydrogen-bond donors (Lipinski definition) is 1. The first-order valence-corrected chi connectivity index (χ1v) is 8.89. The molecule has 0 radical (unpaired) electrons. The highest BCUT2D eigenvalue weighted by molar-refractivity contribution is 6.30. The van der Waals surface area contributed by atoms with Crippen LogP contribution in [0.2, 0.25) is 5.02 Å². The van der Waals surface area contributed by atoms with E-state index in [1.54, 1.807) is 35.0 Å². The summed E-state index contributed by atoms with van der Waals surface area (Å²) in [7, 11) is 0. The molecule has 1 heterocycles. The molecule has 0 aliphatic carbocycles. The van der Waals surface area contributed by atoms with Crippen molar-refractivity contribution in [1.82, 2.24) is 4.57 Å². The summed E-state index contributed by atoms with van der Waals surface area (Å²) in [5.41, 5.74) is 2.28. The number of carbonyl (C=O) groups is 2. The first-order valence-electron chi connectivity index (χ1n) is 8.51. The van der Waals surface area contributed by atoms with Gasteiger partial charge >= 0.3 is 0 Å². The standard InChI is InChI=1S/C21H19ClN2O3/c22-17-5-3-16(4-6-17)15-27-20-9-7-18(8-10-20)23-21(26)11-13-24-12-1-2-19(24)14-25/h1-10,12,14H,11,13,15H2,(H,23,26). The van der Waals surface area contributed by atoms with Crippen LogP contribution in [0.3, 0.4) is 0 Å². The highest BCUT2D eigenvalue weighted by atomic mass is 35.5. The Balaban J connectivity index is 1.47. The number of halogens is 1. The van der Waals surface area contributed by atoms with Crippen LogP contribution in [-0.2, 0) is 17.9 Å². The second-order valence-corrected chi connectivity index (χ2v) is 6.42. The summed E-state index contributed by atoms with van der Waals surface area (Å²) in [4.78, 5) is 23.0. The molecule has 0 fully saturated rings. The van der Waals surface area contributed by atoms with Crippen molar-refractivity contribution < 1.29 is 14.3 Å². The molecule has 0 saturated carbocycles. The van der Waals surface area contributed by atoms with E-state index >= 15 is 0 Å². The number of carbonyl (C=O) groups excluding carboxylic acids is 2. The SMILES string of the molecule is O=Cc1cccn1CCC(=O)Nc1ccc(OCc2ccc(Cl)cc2)cc1. The van der Waals surface area contributed by atoms with Crippen LogP contribution in [0.1, 0.15) is 22.5 Å². The van der Waals surface area contributed by atoms with Crippen LogP contribution in [-0.4, -0.2) is 16.8 Å². The third-order valence-electron chi connectivity index (χ3n) is 4.02. The molecule has 1 amide bonds. The molecule has 0 spiro atoms. The molecule has 3 rings (SSSR count). The number of nitrogens with one attached hydrogen (secondary N) is 1. The van der Waals surface area contributed by atoms with Crippen molar-refractivity contribution in [3.05, 3.63) is 83.1 Å². The molecule has 138 valence electrons. The first kappa shape index (κ1) is 18.7. The monoisotopic (exact) mass is 382 g/mol. The molecule has 0 atom stereocenters. The van der Waals surface area contributed by atoms with E-state index in [2.05, 4.69) is 5.32 Å². The molecule has 1 aromatic heterocycles. The lowest BCUT2D eigenvalue weighted by molar-refractivity contribution is -0.116. The van der Waals surface area contributed by atoms with Crippen molar-refractivity contribution in [2.75, 3.05) is 5.32 Å². The van der Waals surface area contributed by atoms with E-state index in [1.165, 1.54) is 0 Å². The summed E-state index contributed by atoms with van der Waals surface area (Å²) in [6, 6.07) is 18.2. The zero-order chi connectivity index (χ0) is 19.1. The molecule has 0 aliphatic rings. The van der Waals surface area contributed by atoms with Gasteiger partial charge in [0.2, 0.25) is 5.91 Å². The molecule has 0 aliphatic heterocycles.